The summed E-state index contributed by atoms with van der Waals surface area (Å²) in [4.78, 5) is 16.6. The van der Waals surface area contributed by atoms with Crippen LogP contribution in [-0.2, 0) is 4.79 Å². The second kappa shape index (κ2) is 10.3. The number of amides is 1. The van der Waals surface area contributed by atoms with Crippen LogP contribution in [0.4, 0.5) is 5.69 Å². The second-order valence-electron chi connectivity index (χ2n) is 7.60. The number of hydrogen-bond acceptors (Lipinski definition) is 4. The lowest BCUT2D eigenvalue weighted by Crippen LogP contribution is -2.33. The van der Waals surface area contributed by atoms with Crippen LogP contribution in [-0.4, -0.2) is 16.0 Å². The molecular formula is C24H29N3O2S. The number of oxazole rings is 1. The summed E-state index contributed by atoms with van der Waals surface area (Å²) in [6, 6.07) is 13.8. The van der Waals surface area contributed by atoms with Gasteiger partial charge in [0.1, 0.15) is 5.52 Å². The fourth-order valence-corrected chi connectivity index (χ4v) is 3.46. The monoisotopic (exact) mass is 423 g/mol. The lowest BCUT2D eigenvalue weighted by molar-refractivity contribution is -0.119. The predicted molar refractivity (Wildman–Crippen MR) is 127 cm³/mol. The Balaban J connectivity index is 1.70. The van der Waals surface area contributed by atoms with Gasteiger partial charge in [-0.05, 0) is 66.9 Å². The van der Waals surface area contributed by atoms with Gasteiger partial charge >= 0.3 is 0 Å². The SMILES string of the molecule is CCCCCC(=O)NC(=S)Nc1cccc(-c2nc3cc([C@@H](C)CC)ccc3o2)c1. The van der Waals surface area contributed by atoms with Crippen LogP contribution in [0.1, 0.15) is 64.4 Å². The number of benzene rings is 2. The molecule has 3 rings (SSSR count). The van der Waals surface area contributed by atoms with E-state index in [-0.39, 0.29) is 5.91 Å². The van der Waals surface area contributed by atoms with E-state index >= 15 is 0 Å². The van der Waals surface area contributed by atoms with Crippen LogP contribution in [0.5, 0.6) is 0 Å². The predicted octanol–water partition coefficient (Wildman–Crippen LogP) is 6.40. The molecule has 0 saturated heterocycles. The molecule has 0 fully saturated rings. The van der Waals surface area contributed by atoms with Crippen LogP contribution in [0.15, 0.2) is 46.9 Å². The minimum Gasteiger partial charge on any atom is -0.436 e. The first kappa shape index (κ1) is 22.0. The minimum atomic E-state index is -0.0619. The molecule has 0 spiro atoms. The number of nitrogens with zero attached hydrogens (tertiary/aromatic N) is 1. The zero-order chi connectivity index (χ0) is 21.5. The highest BCUT2D eigenvalue weighted by Crippen LogP contribution is 2.29. The summed E-state index contributed by atoms with van der Waals surface area (Å²) in [5, 5.41) is 6.10. The molecule has 1 atom stereocenters. The number of nitrogens with one attached hydrogen (secondary N) is 2. The molecule has 2 aromatic carbocycles. The van der Waals surface area contributed by atoms with Crippen molar-refractivity contribution in [3.8, 4) is 11.5 Å². The van der Waals surface area contributed by atoms with E-state index in [1.54, 1.807) is 0 Å². The van der Waals surface area contributed by atoms with Crippen LogP contribution in [0.2, 0.25) is 0 Å². The molecule has 0 aliphatic heterocycles. The Labute approximate surface area is 183 Å². The molecular weight excluding hydrogens is 394 g/mol. The standard InChI is InChI=1S/C24H29N3O2S/c1-4-6-7-11-22(28)27-24(30)25-19-10-8-9-18(14-19)23-26-20-15-17(16(3)5-2)12-13-21(20)29-23/h8-10,12-16H,4-7,11H2,1-3H3,(H2,25,27,28,30)/t16-/m0/s1. The fraction of sp³-hybridized carbons (Fsp3) is 0.375. The van der Waals surface area contributed by atoms with Gasteiger partial charge in [-0.1, -0.05) is 45.7 Å². The van der Waals surface area contributed by atoms with Gasteiger partial charge in [-0.25, -0.2) is 4.98 Å². The highest BCUT2D eigenvalue weighted by atomic mass is 32.1. The van der Waals surface area contributed by atoms with Crippen molar-refractivity contribution in [2.45, 2.75) is 58.8 Å². The van der Waals surface area contributed by atoms with E-state index in [1.165, 1.54) is 5.56 Å². The summed E-state index contributed by atoms with van der Waals surface area (Å²) in [5.41, 5.74) is 4.51. The first-order valence-corrected chi connectivity index (χ1v) is 11.0. The van der Waals surface area contributed by atoms with Crippen molar-refractivity contribution >= 4 is 40.0 Å². The van der Waals surface area contributed by atoms with Crippen LogP contribution in [0.3, 0.4) is 0 Å². The lowest BCUT2D eigenvalue weighted by atomic mass is 9.98. The Bertz CT molecular complexity index is 1030. The number of fused-ring (bicyclic) bond motifs is 1. The third-order valence-electron chi connectivity index (χ3n) is 5.22. The number of thiocarbonyl (C=S) groups is 1. The van der Waals surface area contributed by atoms with E-state index in [1.807, 2.05) is 30.3 Å². The maximum Gasteiger partial charge on any atom is 0.227 e. The van der Waals surface area contributed by atoms with Gasteiger partial charge in [0.2, 0.25) is 11.8 Å². The Kier molecular flexibility index (Phi) is 7.57. The normalized spacial score (nSPS) is 12.0. The first-order chi connectivity index (χ1) is 14.5. The average molecular weight is 424 g/mol. The molecule has 0 saturated carbocycles. The van der Waals surface area contributed by atoms with E-state index in [9.17, 15) is 4.79 Å². The largest absolute Gasteiger partial charge is 0.436 e. The Morgan fingerprint density at radius 2 is 2.00 bits per heavy atom. The molecule has 0 aliphatic rings. The number of anilines is 1. The van der Waals surface area contributed by atoms with E-state index in [0.29, 0.717) is 23.3 Å². The molecule has 3 aromatic rings. The van der Waals surface area contributed by atoms with Crippen LogP contribution >= 0.6 is 12.2 Å². The summed E-state index contributed by atoms with van der Waals surface area (Å²) < 4.78 is 5.96. The van der Waals surface area contributed by atoms with Crippen molar-refractivity contribution in [1.82, 2.24) is 10.3 Å². The van der Waals surface area contributed by atoms with Crippen molar-refractivity contribution < 1.29 is 9.21 Å². The number of hydrogen-bond donors (Lipinski definition) is 2. The number of aromatic nitrogens is 1. The van der Waals surface area contributed by atoms with Crippen molar-refractivity contribution in [1.29, 1.82) is 0 Å². The minimum absolute atomic E-state index is 0.0619. The molecule has 30 heavy (non-hydrogen) atoms. The number of rotatable bonds is 8. The van der Waals surface area contributed by atoms with Gasteiger partial charge in [0.25, 0.3) is 0 Å². The molecule has 0 unspecified atom stereocenters. The van der Waals surface area contributed by atoms with Gasteiger partial charge in [-0.2, -0.15) is 0 Å². The number of carbonyl (C=O) groups is 1. The van der Waals surface area contributed by atoms with Gasteiger partial charge in [0.05, 0.1) is 0 Å². The van der Waals surface area contributed by atoms with Gasteiger partial charge in [-0.3, -0.25) is 4.79 Å². The van der Waals surface area contributed by atoms with Crippen LogP contribution in [0.25, 0.3) is 22.6 Å². The highest BCUT2D eigenvalue weighted by molar-refractivity contribution is 7.80. The number of carbonyl (C=O) groups excluding carboxylic acids is 1. The molecule has 2 N–H and O–H groups in total. The molecule has 5 nitrogen and oxygen atoms in total. The number of unbranched alkanes of at least 4 members (excludes halogenated alkanes) is 2. The molecule has 1 heterocycles. The molecule has 0 aliphatic carbocycles. The van der Waals surface area contributed by atoms with E-state index in [2.05, 4.69) is 48.5 Å². The summed E-state index contributed by atoms with van der Waals surface area (Å²) >= 11 is 5.27. The smallest absolute Gasteiger partial charge is 0.227 e. The summed E-state index contributed by atoms with van der Waals surface area (Å²) in [6.07, 6.45) is 4.56. The van der Waals surface area contributed by atoms with Crippen molar-refractivity contribution in [3.63, 3.8) is 0 Å². The van der Waals surface area contributed by atoms with Crippen LogP contribution in [0, 0.1) is 0 Å². The molecule has 6 heteroatoms. The second-order valence-corrected chi connectivity index (χ2v) is 8.00. The average Bonchev–Trinajstić information content (AvgIpc) is 3.17. The maximum atomic E-state index is 11.9. The summed E-state index contributed by atoms with van der Waals surface area (Å²) in [7, 11) is 0. The first-order valence-electron chi connectivity index (χ1n) is 10.6. The molecule has 0 bridgehead atoms. The van der Waals surface area contributed by atoms with Gasteiger partial charge < -0.3 is 15.1 Å². The third-order valence-corrected chi connectivity index (χ3v) is 5.42. The maximum absolute atomic E-state index is 11.9. The molecule has 1 amide bonds. The van der Waals surface area contributed by atoms with Crippen molar-refractivity contribution in [2.24, 2.45) is 0 Å². The highest BCUT2D eigenvalue weighted by Gasteiger charge is 2.12. The van der Waals surface area contributed by atoms with Gasteiger partial charge in [0, 0.05) is 17.7 Å². The van der Waals surface area contributed by atoms with Gasteiger partial charge in [-0.15, -0.1) is 0 Å². The molecule has 1 aromatic heterocycles. The zero-order valence-electron chi connectivity index (χ0n) is 17.8. The Morgan fingerprint density at radius 3 is 2.77 bits per heavy atom. The fourth-order valence-electron chi connectivity index (χ4n) is 3.23. The summed E-state index contributed by atoms with van der Waals surface area (Å²) in [5.74, 6) is 0.984. The van der Waals surface area contributed by atoms with E-state index < -0.39 is 0 Å². The molecule has 0 radical (unpaired) electrons. The summed E-state index contributed by atoms with van der Waals surface area (Å²) in [6.45, 7) is 6.50. The van der Waals surface area contributed by atoms with Crippen molar-refractivity contribution in [2.75, 3.05) is 5.32 Å². The Hall–Kier alpha value is -2.73. The van der Waals surface area contributed by atoms with Crippen LogP contribution < -0.4 is 10.6 Å². The Morgan fingerprint density at radius 1 is 1.17 bits per heavy atom. The van der Waals surface area contributed by atoms with E-state index in [4.69, 9.17) is 16.6 Å². The van der Waals surface area contributed by atoms with Gasteiger partial charge in [0.15, 0.2) is 10.7 Å². The topological polar surface area (TPSA) is 67.2 Å². The van der Waals surface area contributed by atoms with E-state index in [0.717, 1.165) is 48.0 Å². The van der Waals surface area contributed by atoms with Crippen molar-refractivity contribution in [3.05, 3.63) is 48.0 Å². The third kappa shape index (κ3) is 5.66. The zero-order valence-corrected chi connectivity index (χ0v) is 18.6. The lowest BCUT2D eigenvalue weighted by Gasteiger charge is -2.10. The quantitative estimate of drug-likeness (QED) is 0.324. The molecule has 158 valence electrons.